The number of benzene rings is 2. The minimum Gasteiger partial charge on any atom is -0.493 e. The standard InChI is InChI=1S/C41H51ClFN3O3/c1-27(26-49-37-11-18-44-36-8-3-5-28(2)38(36)37)21-31-23-30-10-9-29(25-46-19-12-33(43)13-20-46)22-35(30)40(31)14-16-41(17-15-40,39(47)48)45-34-7-4-6-32(42)24-34/h4,6-7,9-11,18,22,24,27-28,31,33,45H,3,5,8,12-17,19-21,23,25-26H2,1-2H3,(H,47,48)/t27-,28-,31+,40?,41?/m1/s1. The zero-order valence-electron chi connectivity index (χ0n) is 29.0. The molecule has 0 unspecified atom stereocenters. The fourth-order valence-corrected chi connectivity index (χ4v) is 9.75. The molecular formula is C41H51ClFN3O3. The van der Waals surface area contributed by atoms with Crippen LogP contribution in [0.2, 0.25) is 5.02 Å². The average molecular weight is 688 g/mol. The van der Waals surface area contributed by atoms with Crippen LogP contribution in [0.15, 0.2) is 54.7 Å². The van der Waals surface area contributed by atoms with Crippen LogP contribution in [0, 0.1) is 11.8 Å². The van der Waals surface area contributed by atoms with Crippen molar-refractivity contribution in [2.75, 3.05) is 25.0 Å². The van der Waals surface area contributed by atoms with E-state index in [1.54, 1.807) is 0 Å². The highest BCUT2D eigenvalue weighted by atomic mass is 35.5. The van der Waals surface area contributed by atoms with Crippen LogP contribution in [0.5, 0.6) is 5.75 Å². The monoisotopic (exact) mass is 687 g/mol. The molecule has 2 aromatic carbocycles. The second kappa shape index (κ2) is 14.2. The van der Waals surface area contributed by atoms with Gasteiger partial charge in [-0.3, -0.25) is 9.88 Å². The van der Waals surface area contributed by atoms with Crippen molar-refractivity contribution < 1.29 is 19.0 Å². The molecule has 1 aromatic heterocycles. The highest BCUT2D eigenvalue weighted by Crippen LogP contribution is 2.56. The molecule has 7 rings (SSSR count). The number of pyridine rings is 1. The Morgan fingerprint density at radius 1 is 1.12 bits per heavy atom. The van der Waals surface area contributed by atoms with Gasteiger partial charge in [-0.05, 0) is 135 Å². The molecule has 262 valence electrons. The lowest BCUT2D eigenvalue weighted by atomic mass is 9.59. The van der Waals surface area contributed by atoms with Crippen molar-refractivity contribution in [1.29, 1.82) is 0 Å². The molecule has 49 heavy (non-hydrogen) atoms. The van der Waals surface area contributed by atoms with Gasteiger partial charge in [0.2, 0.25) is 0 Å². The van der Waals surface area contributed by atoms with Crippen molar-refractivity contribution in [3.05, 3.63) is 87.7 Å². The molecule has 6 nitrogen and oxygen atoms in total. The molecule has 2 fully saturated rings. The van der Waals surface area contributed by atoms with Gasteiger partial charge in [0.15, 0.2) is 0 Å². The van der Waals surface area contributed by atoms with Gasteiger partial charge < -0.3 is 15.2 Å². The van der Waals surface area contributed by atoms with E-state index in [0.717, 1.165) is 63.2 Å². The lowest BCUT2D eigenvalue weighted by molar-refractivity contribution is -0.144. The number of piperidine rings is 1. The summed E-state index contributed by atoms with van der Waals surface area (Å²) in [5.41, 5.74) is 6.14. The third-order valence-corrected chi connectivity index (χ3v) is 12.5. The number of anilines is 1. The largest absolute Gasteiger partial charge is 0.493 e. The molecule has 3 atom stereocenters. The Bertz CT molecular complexity index is 1650. The fourth-order valence-electron chi connectivity index (χ4n) is 9.56. The first kappa shape index (κ1) is 34.3. The van der Waals surface area contributed by atoms with E-state index in [2.05, 4.69) is 47.2 Å². The molecule has 0 bridgehead atoms. The molecule has 1 spiro atoms. The second-order valence-electron chi connectivity index (χ2n) is 15.6. The normalized spacial score (nSPS) is 27.8. The summed E-state index contributed by atoms with van der Waals surface area (Å²) in [6.45, 7) is 7.65. The number of aromatic nitrogens is 1. The second-order valence-corrected chi connectivity index (χ2v) is 16.1. The van der Waals surface area contributed by atoms with Crippen molar-refractivity contribution in [1.82, 2.24) is 9.88 Å². The molecule has 3 aromatic rings. The summed E-state index contributed by atoms with van der Waals surface area (Å²) < 4.78 is 20.5. The number of nitrogens with zero attached hydrogens (tertiary/aromatic N) is 2. The predicted octanol–water partition coefficient (Wildman–Crippen LogP) is 9.13. The van der Waals surface area contributed by atoms with Crippen LogP contribution in [-0.4, -0.2) is 52.4 Å². The van der Waals surface area contributed by atoms with Crippen LogP contribution >= 0.6 is 11.6 Å². The topological polar surface area (TPSA) is 74.7 Å². The molecule has 0 amide bonds. The van der Waals surface area contributed by atoms with Gasteiger partial charge in [0.25, 0.3) is 0 Å². The molecular weight excluding hydrogens is 637 g/mol. The van der Waals surface area contributed by atoms with E-state index in [1.165, 1.54) is 40.8 Å². The Morgan fingerprint density at radius 2 is 1.92 bits per heavy atom. The molecule has 2 heterocycles. The number of fused-ring (bicyclic) bond motifs is 3. The molecule has 3 aliphatic carbocycles. The third kappa shape index (κ3) is 7.08. The van der Waals surface area contributed by atoms with Crippen LogP contribution in [0.3, 0.4) is 0 Å². The summed E-state index contributed by atoms with van der Waals surface area (Å²) in [5, 5.41) is 14.6. The minimum atomic E-state index is -1.05. The van der Waals surface area contributed by atoms with Gasteiger partial charge in [-0.1, -0.05) is 49.7 Å². The number of aryl methyl sites for hydroxylation is 1. The molecule has 4 aliphatic rings. The number of likely N-dealkylation sites (tertiary alicyclic amines) is 1. The van der Waals surface area contributed by atoms with Crippen LogP contribution in [0.4, 0.5) is 10.1 Å². The van der Waals surface area contributed by atoms with Crippen molar-refractivity contribution in [2.24, 2.45) is 11.8 Å². The molecule has 2 N–H and O–H groups in total. The van der Waals surface area contributed by atoms with Gasteiger partial charge in [0.1, 0.15) is 17.5 Å². The number of hydrogen-bond acceptors (Lipinski definition) is 5. The predicted molar refractivity (Wildman–Crippen MR) is 193 cm³/mol. The smallest absolute Gasteiger partial charge is 0.329 e. The van der Waals surface area contributed by atoms with Gasteiger partial charge in [0, 0.05) is 47.8 Å². The quantitative estimate of drug-likeness (QED) is 0.222. The minimum absolute atomic E-state index is 0.106. The maximum atomic E-state index is 13.9. The first-order valence-electron chi connectivity index (χ1n) is 18.5. The Balaban J connectivity index is 1.13. The van der Waals surface area contributed by atoms with Gasteiger partial charge in [-0.2, -0.15) is 0 Å². The third-order valence-electron chi connectivity index (χ3n) is 12.3. The number of hydrogen-bond donors (Lipinski definition) is 2. The number of alkyl halides is 1. The Labute approximate surface area is 295 Å². The van der Waals surface area contributed by atoms with Crippen molar-refractivity contribution in [2.45, 2.75) is 114 Å². The average Bonchev–Trinajstić information content (AvgIpc) is 3.37. The van der Waals surface area contributed by atoms with E-state index in [0.29, 0.717) is 55.1 Å². The summed E-state index contributed by atoms with van der Waals surface area (Å²) >= 11 is 6.29. The summed E-state index contributed by atoms with van der Waals surface area (Å²) in [7, 11) is 0. The summed E-state index contributed by atoms with van der Waals surface area (Å²) in [4.78, 5) is 20.0. The SMILES string of the molecule is C[C@@H](COc1ccnc2c1[C@H](C)CCC2)C[C@H]1Cc2ccc(CN3CCC(F)CC3)cc2C12CCC(Nc1cccc(Cl)c1)(C(=O)O)CC2. The number of halogens is 2. The zero-order chi connectivity index (χ0) is 34.2. The molecule has 1 saturated heterocycles. The van der Waals surface area contributed by atoms with E-state index in [4.69, 9.17) is 16.3 Å². The number of rotatable bonds is 10. The van der Waals surface area contributed by atoms with Gasteiger partial charge in [-0.15, -0.1) is 0 Å². The molecule has 8 heteroatoms. The molecule has 0 radical (unpaired) electrons. The highest BCUT2D eigenvalue weighted by Gasteiger charge is 2.54. The van der Waals surface area contributed by atoms with Gasteiger partial charge in [0.05, 0.1) is 6.61 Å². The zero-order valence-corrected chi connectivity index (χ0v) is 29.8. The maximum Gasteiger partial charge on any atom is 0.329 e. The van der Waals surface area contributed by atoms with E-state index in [-0.39, 0.29) is 5.41 Å². The van der Waals surface area contributed by atoms with Crippen molar-refractivity contribution in [3.63, 3.8) is 0 Å². The van der Waals surface area contributed by atoms with Crippen LogP contribution in [0.1, 0.15) is 106 Å². The lowest BCUT2D eigenvalue weighted by Gasteiger charge is -2.47. The van der Waals surface area contributed by atoms with Crippen molar-refractivity contribution >= 4 is 23.3 Å². The lowest BCUT2D eigenvalue weighted by Crippen LogP contribution is -2.53. The number of ether oxygens (including phenoxy) is 1. The molecule has 1 aliphatic heterocycles. The van der Waals surface area contributed by atoms with E-state index in [1.807, 2.05) is 36.5 Å². The Hall–Kier alpha value is -3.16. The summed E-state index contributed by atoms with van der Waals surface area (Å²) in [6.07, 6.45) is 10.5. The summed E-state index contributed by atoms with van der Waals surface area (Å²) in [6, 6.07) is 16.4. The van der Waals surface area contributed by atoms with E-state index < -0.39 is 17.7 Å². The number of aliphatic carboxylic acids is 1. The fraction of sp³-hybridized carbons (Fsp3) is 0.561. The van der Waals surface area contributed by atoms with Crippen LogP contribution < -0.4 is 10.1 Å². The van der Waals surface area contributed by atoms with E-state index in [9.17, 15) is 14.3 Å². The molecule has 1 saturated carbocycles. The highest BCUT2D eigenvalue weighted by molar-refractivity contribution is 6.30. The first-order valence-corrected chi connectivity index (χ1v) is 18.9. The Morgan fingerprint density at radius 3 is 2.67 bits per heavy atom. The van der Waals surface area contributed by atoms with Gasteiger partial charge in [-0.25, -0.2) is 9.18 Å². The summed E-state index contributed by atoms with van der Waals surface area (Å²) in [5.74, 6) is 1.37. The number of carboxylic acids is 1. The van der Waals surface area contributed by atoms with Crippen LogP contribution in [-0.2, 0) is 29.6 Å². The first-order chi connectivity index (χ1) is 23.6. The number of carboxylic acid groups (broad SMARTS) is 1. The Kier molecular flexibility index (Phi) is 9.96. The number of carbonyl (C=O) groups is 1. The van der Waals surface area contributed by atoms with E-state index >= 15 is 0 Å². The number of nitrogens with one attached hydrogen (secondary N) is 1. The van der Waals surface area contributed by atoms with Crippen molar-refractivity contribution in [3.8, 4) is 5.75 Å². The maximum absolute atomic E-state index is 13.9. The van der Waals surface area contributed by atoms with Gasteiger partial charge >= 0.3 is 5.97 Å². The van der Waals surface area contributed by atoms with Crippen LogP contribution in [0.25, 0.3) is 0 Å².